The zero-order chi connectivity index (χ0) is 16.0. The molecule has 0 aromatic heterocycles. The molecular weight excluding hydrogens is 268 g/mol. The Balaban J connectivity index is 2.79. The largest absolute Gasteiger partial charge is 0.497 e. The highest BCUT2D eigenvalue weighted by Gasteiger charge is 2.20. The first-order valence-electron chi connectivity index (χ1n) is 7.01. The van der Waals surface area contributed by atoms with Crippen LogP contribution in [0.2, 0.25) is 0 Å². The third-order valence-corrected chi connectivity index (χ3v) is 2.83. The molecule has 0 unspecified atom stereocenters. The predicted octanol–water partition coefficient (Wildman–Crippen LogP) is 2.07. The monoisotopic (exact) mass is 292 g/mol. The number of rotatable bonds is 5. The average molecular weight is 292 g/mol. The van der Waals surface area contributed by atoms with E-state index in [1.54, 1.807) is 31.4 Å². The standard InChI is InChI=1S/C16H24N2O3/c1-6-18(11-14(19)17-16(2,3)4)15(20)12-8-7-9-13(10-12)21-5/h7-10H,6,11H2,1-5H3,(H,17,19). The molecule has 1 aromatic carbocycles. The Kier molecular flexibility index (Phi) is 5.76. The molecule has 0 saturated heterocycles. The number of nitrogens with zero attached hydrogens (tertiary/aromatic N) is 1. The van der Waals surface area contributed by atoms with E-state index in [9.17, 15) is 9.59 Å². The van der Waals surface area contributed by atoms with E-state index in [-0.39, 0.29) is 23.9 Å². The Bertz CT molecular complexity index is 506. The van der Waals surface area contributed by atoms with E-state index in [4.69, 9.17) is 4.74 Å². The van der Waals surface area contributed by atoms with Gasteiger partial charge in [0.15, 0.2) is 0 Å². The predicted molar refractivity (Wildman–Crippen MR) is 82.5 cm³/mol. The summed E-state index contributed by atoms with van der Waals surface area (Å²) in [5.74, 6) is 0.275. The number of methoxy groups -OCH3 is 1. The maximum absolute atomic E-state index is 12.4. The second-order valence-electron chi connectivity index (χ2n) is 5.85. The number of ether oxygens (including phenoxy) is 1. The summed E-state index contributed by atoms with van der Waals surface area (Å²) in [4.78, 5) is 25.9. The Morgan fingerprint density at radius 1 is 1.29 bits per heavy atom. The Labute approximate surface area is 126 Å². The van der Waals surface area contributed by atoms with Crippen molar-refractivity contribution in [2.24, 2.45) is 0 Å². The summed E-state index contributed by atoms with van der Waals surface area (Å²) in [6, 6.07) is 6.93. The number of amides is 2. The highest BCUT2D eigenvalue weighted by Crippen LogP contribution is 2.14. The van der Waals surface area contributed by atoms with Crippen LogP contribution in [0.1, 0.15) is 38.1 Å². The molecule has 0 spiro atoms. The van der Waals surface area contributed by atoms with Gasteiger partial charge in [-0.3, -0.25) is 9.59 Å². The lowest BCUT2D eigenvalue weighted by Gasteiger charge is -2.25. The molecule has 0 fully saturated rings. The molecule has 0 bridgehead atoms. The lowest BCUT2D eigenvalue weighted by Crippen LogP contribution is -2.47. The van der Waals surface area contributed by atoms with Gasteiger partial charge in [0.05, 0.1) is 13.7 Å². The molecule has 1 aromatic rings. The smallest absolute Gasteiger partial charge is 0.254 e. The molecule has 0 aliphatic heterocycles. The van der Waals surface area contributed by atoms with Gasteiger partial charge in [0.25, 0.3) is 5.91 Å². The van der Waals surface area contributed by atoms with E-state index < -0.39 is 0 Å². The molecule has 0 heterocycles. The first-order chi connectivity index (χ1) is 9.76. The van der Waals surface area contributed by atoms with Gasteiger partial charge in [0.1, 0.15) is 5.75 Å². The molecule has 5 heteroatoms. The molecule has 0 aliphatic carbocycles. The normalized spacial score (nSPS) is 10.9. The minimum absolute atomic E-state index is 0.0454. The maximum Gasteiger partial charge on any atom is 0.254 e. The Hall–Kier alpha value is -2.04. The minimum Gasteiger partial charge on any atom is -0.497 e. The topological polar surface area (TPSA) is 58.6 Å². The first kappa shape index (κ1) is 17.0. The molecule has 0 aliphatic rings. The van der Waals surface area contributed by atoms with Crippen LogP contribution in [0, 0.1) is 0 Å². The first-order valence-corrected chi connectivity index (χ1v) is 7.01. The summed E-state index contributed by atoms with van der Waals surface area (Å²) in [7, 11) is 1.55. The number of nitrogens with one attached hydrogen (secondary N) is 1. The Morgan fingerprint density at radius 3 is 2.48 bits per heavy atom. The zero-order valence-corrected chi connectivity index (χ0v) is 13.4. The van der Waals surface area contributed by atoms with Gasteiger partial charge in [0.2, 0.25) is 5.91 Å². The summed E-state index contributed by atoms with van der Waals surface area (Å²) in [5, 5.41) is 2.86. The Morgan fingerprint density at radius 2 is 1.95 bits per heavy atom. The average Bonchev–Trinajstić information content (AvgIpc) is 2.42. The van der Waals surface area contributed by atoms with Gasteiger partial charge in [-0.1, -0.05) is 6.07 Å². The number of likely N-dealkylation sites (N-methyl/N-ethyl adjacent to an activating group) is 1. The molecule has 2 amide bonds. The molecular formula is C16H24N2O3. The highest BCUT2D eigenvalue weighted by atomic mass is 16.5. The van der Waals surface area contributed by atoms with Crippen molar-refractivity contribution in [3.63, 3.8) is 0 Å². The third kappa shape index (κ3) is 5.45. The highest BCUT2D eigenvalue weighted by molar-refractivity contribution is 5.96. The van der Waals surface area contributed by atoms with Gasteiger partial charge in [0, 0.05) is 17.6 Å². The van der Waals surface area contributed by atoms with E-state index in [1.807, 2.05) is 27.7 Å². The van der Waals surface area contributed by atoms with Crippen molar-refractivity contribution in [3.8, 4) is 5.75 Å². The van der Waals surface area contributed by atoms with Crippen molar-refractivity contribution >= 4 is 11.8 Å². The molecule has 21 heavy (non-hydrogen) atoms. The van der Waals surface area contributed by atoms with Gasteiger partial charge < -0.3 is 15.0 Å². The van der Waals surface area contributed by atoms with Crippen LogP contribution in [0.4, 0.5) is 0 Å². The molecule has 0 atom stereocenters. The fraction of sp³-hybridized carbons (Fsp3) is 0.500. The quantitative estimate of drug-likeness (QED) is 0.904. The summed E-state index contributed by atoms with van der Waals surface area (Å²) in [5.41, 5.74) is 0.204. The fourth-order valence-electron chi connectivity index (χ4n) is 1.90. The second kappa shape index (κ2) is 7.11. The summed E-state index contributed by atoms with van der Waals surface area (Å²) < 4.78 is 5.12. The van der Waals surface area contributed by atoms with E-state index in [1.165, 1.54) is 4.90 Å². The third-order valence-electron chi connectivity index (χ3n) is 2.83. The van der Waals surface area contributed by atoms with Crippen molar-refractivity contribution in [3.05, 3.63) is 29.8 Å². The molecule has 0 radical (unpaired) electrons. The van der Waals surface area contributed by atoms with Gasteiger partial charge in [-0.15, -0.1) is 0 Å². The van der Waals surface area contributed by atoms with Crippen LogP contribution in [0.5, 0.6) is 5.75 Å². The fourth-order valence-corrected chi connectivity index (χ4v) is 1.90. The van der Waals surface area contributed by atoms with Crippen molar-refractivity contribution in [1.82, 2.24) is 10.2 Å². The van der Waals surface area contributed by atoms with Crippen LogP contribution in [0.3, 0.4) is 0 Å². The summed E-state index contributed by atoms with van der Waals surface area (Å²) in [6.07, 6.45) is 0. The lowest BCUT2D eigenvalue weighted by atomic mass is 10.1. The van der Waals surface area contributed by atoms with Crippen LogP contribution in [-0.4, -0.2) is 42.5 Å². The number of carbonyl (C=O) groups is 2. The van der Waals surface area contributed by atoms with Gasteiger partial charge in [-0.05, 0) is 45.9 Å². The number of benzene rings is 1. The SMILES string of the molecule is CCN(CC(=O)NC(C)(C)C)C(=O)c1cccc(OC)c1. The summed E-state index contributed by atoms with van der Waals surface area (Å²) in [6.45, 7) is 8.08. The van der Waals surface area contributed by atoms with Crippen LogP contribution >= 0.6 is 0 Å². The van der Waals surface area contributed by atoms with Crippen molar-refractivity contribution in [2.75, 3.05) is 20.2 Å². The number of hydrogen-bond acceptors (Lipinski definition) is 3. The van der Waals surface area contributed by atoms with Crippen LogP contribution in [-0.2, 0) is 4.79 Å². The molecule has 1 N–H and O–H groups in total. The minimum atomic E-state index is -0.310. The van der Waals surface area contributed by atoms with Gasteiger partial charge in [-0.25, -0.2) is 0 Å². The van der Waals surface area contributed by atoms with Crippen LogP contribution < -0.4 is 10.1 Å². The van der Waals surface area contributed by atoms with E-state index in [2.05, 4.69) is 5.32 Å². The van der Waals surface area contributed by atoms with E-state index in [0.717, 1.165) is 0 Å². The van der Waals surface area contributed by atoms with E-state index >= 15 is 0 Å². The summed E-state index contributed by atoms with van der Waals surface area (Å²) >= 11 is 0. The van der Waals surface area contributed by atoms with Gasteiger partial charge >= 0.3 is 0 Å². The molecule has 1 rings (SSSR count). The molecule has 5 nitrogen and oxygen atoms in total. The maximum atomic E-state index is 12.4. The lowest BCUT2D eigenvalue weighted by molar-refractivity contribution is -0.123. The van der Waals surface area contributed by atoms with Crippen molar-refractivity contribution < 1.29 is 14.3 Å². The van der Waals surface area contributed by atoms with E-state index in [0.29, 0.717) is 17.9 Å². The number of hydrogen-bond donors (Lipinski definition) is 1. The zero-order valence-electron chi connectivity index (χ0n) is 13.4. The molecule has 0 saturated carbocycles. The second-order valence-corrected chi connectivity index (χ2v) is 5.85. The van der Waals surface area contributed by atoms with Crippen molar-refractivity contribution in [2.45, 2.75) is 33.2 Å². The van der Waals surface area contributed by atoms with Crippen molar-refractivity contribution in [1.29, 1.82) is 0 Å². The van der Waals surface area contributed by atoms with Crippen LogP contribution in [0.15, 0.2) is 24.3 Å². The van der Waals surface area contributed by atoms with Gasteiger partial charge in [-0.2, -0.15) is 0 Å². The number of carbonyl (C=O) groups excluding carboxylic acids is 2. The molecule has 116 valence electrons. The van der Waals surface area contributed by atoms with Crippen LogP contribution in [0.25, 0.3) is 0 Å².